The van der Waals surface area contributed by atoms with E-state index in [1.807, 2.05) is 19.2 Å². The Labute approximate surface area is 116 Å². The summed E-state index contributed by atoms with van der Waals surface area (Å²) in [6.45, 7) is 4.32. The van der Waals surface area contributed by atoms with Crippen LogP contribution in [0.2, 0.25) is 0 Å². The van der Waals surface area contributed by atoms with Gasteiger partial charge in [0.2, 0.25) is 0 Å². The second-order valence-corrected chi connectivity index (χ2v) is 5.33. The average molecular weight is 309 g/mol. The minimum atomic E-state index is 0.410. The van der Waals surface area contributed by atoms with E-state index in [2.05, 4.69) is 46.1 Å². The van der Waals surface area contributed by atoms with Gasteiger partial charge in [-0.2, -0.15) is 0 Å². The van der Waals surface area contributed by atoms with Crippen LogP contribution in [0, 0.1) is 0 Å². The van der Waals surface area contributed by atoms with Crippen molar-refractivity contribution < 1.29 is 4.74 Å². The molecule has 1 N–H and O–H groups in total. The highest BCUT2D eigenvalue weighted by atomic mass is 79.9. The van der Waals surface area contributed by atoms with Crippen molar-refractivity contribution in [3.63, 3.8) is 0 Å². The molecule has 0 atom stereocenters. The summed E-state index contributed by atoms with van der Waals surface area (Å²) >= 11 is 3.54. The molecule has 0 spiro atoms. The van der Waals surface area contributed by atoms with E-state index in [4.69, 9.17) is 4.74 Å². The molecule has 0 saturated heterocycles. The molecular formula is C14H17BrN2O. The Morgan fingerprint density at radius 2 is 2.06 bits per heavy atom. The lowest BCUT2D eigenvalue weighted by molar-refractivity contribution is 0.419. The predicted molar refractivity (Wildman–Crippen MR) is 79.6 cm³/mol. The van der Waals surface area contributed by atoms with Crippen molar-refractivity contribution in [3.8, 4) is 5.75 Å². The Kier molecular flexibility index (Phi) is 3.76. The molecule has 4 heteroatoms. The number of fused-ring (bicyclic) bond motifs is 1. The van der Waals surface area contributed by atoms with Crippen LogP contribution in [0.25, 0.3) is 10.9 Å². The molecule has 96 valence electrons. The summed E-state index contributed by atoms with van der Waals surface area (Å²) in [5, 5.41) is 4.20. The molecule has 2 rings (SSSR count). The number of halogens is 1. The van der Waals surface area contributed by atoms with Crippen LogP contribution in [-0.4, -0.2) is 19.1 Å². The van der Waals surface area contributed by atoms with E-state index in [1.165, 1.54) is 5.56 Å². The standard InChI is InChI=1S/C14H17BrN2O/c1-8(2)9-7-10-12(18-4)6-5-11(15)13(10)17-14(9)16-3/h5-8H,1-4H3,(H,16,17). The summed E-state index contributed by atoms with van der Waals surface area (Å²) < 4.78 is 6.39. The Morgan fingerprint density at radius 1 is 1.33 bits per heavy atom. The lowest BCUT2D eigenvalue weighted by Gasteiger charge is -2.15. The topological polar surface area (TPSA) is 34.2 Å². The summed E-state index contributed by atoms with van der Waals surface area (Å²) in [5.74, 6) is 2.18. The molecule has 18 heavy (non-hydrogen) atoms. The monoisotopic (exact) mass is 308 g/mol. The molecule has 1 heterocycles. The second kappa shape index (κ2) is 5.14. The quantitative estimate of drug-likeness (QED) is 0.924. The van der Waals surface area contributed by atoms with Gasteiger partial charge in [-0.25, -0.2) is 4.98 Å². The van der Waals surface area contributed by atoms with Crippen molar-refractivity contribution in [1.82, 2.24) is 4.98 Å². The first kappa shape index (κ1) is 13.1. The molecule has 0 aliphatic heterocycles. The van der Waals surface area contributed by atoms with E-state index in [-0.39, 0.29) is 0 Å². The fraction of sp³-hybridized carbons (Fsp3) is 0.357. The van der Waals surface area contributed by atoms with Gasteiger partial charge in [0, 0.05) is 16.9 Å². The van der Waals surface area contributed by atoms with E-state index in [0.717, 1.165) is 26.9 Å². The maximum absolute atomic E-state index is 5.41. The summed E-state index contributed by atoms with van der Waals surface area (Å²) in [6, 6.07) is 6.07. The van der Waals surface area contributed by atoms with Gasteiger partial charge in [0.25, 0.3) is 0 Å². The van der Waals surface area contributed by atoms with Crippen LogP contribution in [-0.2, 0) is 0 Å². The molecule has 3 nitrogen and oxygen atoms in total. The molecule has 0 radical (unpaired) electrons. The zero-order chi connectivity index (χ0) is 13.3. The minimum Gasteiger partial charge on any atom is -0.496 e. The van der Waals surface area contributed by atoms with E-state index in [1.54, 1.807) is 7.11 Å². The smallest absolute Gasteiger partial charge is 0.129 e. The zero-order valence-corrected chi connectivity index (χ0v) is 12.6. The molecule has 0 aliphatic rings. The van der Waals surface area contributed by atoms with E-state index in [9.17, 15) is 0 Å². The lowest BCUT2D eigenvalue weighted by Crippen LogP contribution is -2.01. The van der Waals surface area contributed by atoms with Crippen LogP contribution in [0.5, 0.6) is 5.75 Å². The van der Waals surface area contributed by atoms with Crippen molar-refractivity contribution in [1.29, 1.82) is 0 Å². The number of benzene rings is 1. The van der Waals surface area contributed by atoms with E-state index >= 15 is 0 Å². The van der Waals surface area contributed by atoms with Gasteiger partial charge < -0.3 is 10.1 Å². The fourth-order valence-electron chi connectivity index (χ4n) is 2.03. The number of methoxy groups -OCH3 is 1. The average Bonchev–Trinajstić information content (AvgIpc) is 2.38. The minimum absolute atomic E-state index is 0.410. The van der Waals surface area contributed by atoms with Crippen LogP contribution in [0.4, 0.5) is 5.82 Å². The predicted octanol–water partition coefficient (Wildman–Crippen LogP) is 4.17. The number of nitrogens with zero attached hydrogens (tertiary/aromatic N) is 1. The van der Waals surface area contributed by atoms with Crippen LogP contribution in [0.1, 0.15) is 25.3 Å². The SMILES string of the molecule is CNc1nc2c(Br)ccc(OC)c2cc1C(C)C. The highest BCUT2D eigenvalue weighted by Gasteiger charge is 2.13. The Balaban J connectivity index is 2.82. The van der Waals surface area contributed by atoms with Crippen LogP contribution in [0.15, 0.2) is 22.7 Å². The number of aromatic nitrogens is 1. The Hall–Kier alpha value is -1.29. The largest absolute Gasteiger partial charge is 0.496 e. The van der Waals surface area contributed by atoms with Gasteiger partial charge in [0.05, 0.1) is 12.6 Å². The van der Waals surface area contributed by atoms with E-state index < -0.39 is 0 Å². The molecule has 0 aliphatic carbocycles. The molecule has 0 bridgehead atoms. The molecule has 1 aromatic heterocycles. The third-order valence-corrected chi connectivity index (χ3v) is 3.64. The molecular weight excluding hydrogens is 292 g/mol. The van der Waals surface area contributed by atoms with Gasteiger partial charge in [-0.05, 0) is 45.6 Å². The Morgan fingerprint density at radius 3 is 2.61 bits per heavy atom. The van der Waals surface area contributed by atoms with Crippen molar-refractivity contribution in [2.75, 3.05) is 19.5 Å². The first-order valence-electron chi connectivity index (χ1n) is 5.93. The summed E-state index contributed by atoms with van der Waals surface area (Å²) in [6.07, 6.45) is 0. The first-order valence-corrected chi connectivity index (χ1v) is 6.72. The maximum atomic E-state index is 5.41. The number of anilines is 1. The molecule has 0 fully saturated rings. The third kappa shape index (κ3) is 2.17. The molecule has 2 aromatic rings. The number of hydrogen-bond donors (Lipinski definition) is 1. The van der Waals surface area contributed by atoms with E-state index in [0.29, 0.717) is 5.92 Å². The molecule has 0 amide bonds. The van der Waals surface area contributed by atoms with Gasteiger partial charge in [0.15, 0.2) is 0 Å². The molecule has 1 aromatic carbocycles. The number of nitrogens with one attached hydrogen (secondary N) is 1. The molecule has 0 saturated carbocycles. The lowest BCUT2D eigenvalue weighted by atomic mass is 10.0. The summed E-state index contributed by atoms with van der Waals surface area (Å²) in [7, 11) is 3.58. The van der Waals surface area contributed by atoms with Crippen LogP contribution >= 0.6 is 15.9 Å². The number of hydrogen-bond acceptors (Lipinski definition) is 3. The van der Waals surface area contributed by atoms with Gasteiger partial charge >= 0.3 is 0 Å². The van der Waals surface area contributed by atoms with Gasteiger partial charge in [-0.15, -0.1) is 0 Å². The highest BCUT2D eigenvalue weighted by molar-refractivity contribution is 9.10. The zero-order valence-electron chi connectivity index (χ0n) is 11.0. The number of ether oxygens (including phenoxy) is 1. The summed E-state index contributed by atoms with van der Waals surface area (Å²) in [4.78, 5) is 4.69. The van der Waals surface area contributed by atoms with Crippen molar-refractivity contribution in [2.45, 2.75) is 19.8 Å². The van der Waals surface area contributed by atoms with Gasteiger partial charge in [-0.3, -0.25) is 0 Å². The summed E-state index contributed by atoms with van der Waals surface area (Å²) in [5.41, 5.74) is 2.12. The van der Waals surface area contributed by atoms with Crippen LogP contribution in [0.3, 0.4) is 0 Å². The van der Waals surface area contributed by atoms with Crippen molar-refractivity contribution >= 4 is 32.7 Å². The molecule has 0 unspecified atom stereocenters. The van der Waals surface area contributed by atoms with Gasteiger partial charge in [-0.1, -0.05) is 13.8 Å². The number of rotatable bonds is 3. The first-order chi connectivity index (χ1) is 8.58. The second-order valence-electron chi connectivity index (χ2n) is 4.48. The Bertz CT molecular complexity index is 582. The van der Waals surface area contributed by atoms with Crippen LogP contribution < -0.4 is 10.1 Å². The van der Waals surface area contributed by atoms with Crippen molar-refractivity contribution in [3.05, 3.63) is 28.2 Å². The number of pyridine rings is 1. The van der Waals surface area contributed by atoms with Crippen molar-refractivity contribution in [2.24, 2.45) is 0 Å². The third-order valence-electron chi connectivity index (χ3n) is 3.00. The van der Waals surface area contributed by atoms with Gasteiger partial charge in [0.1, 0.15) is 11.6 Å². The fourth-order valence-corrected chi connectivity index (χ4v) is 2.47. The highest BCUT2D eigenvalue weighted by Crippen LogP contribution is 2.35. The normalized spacial score (nSPS) is 11.0. The maximum Gasteiger partial charge on any atom is 0.129 e.